The van der Waals surface area contributed by atoms with Gasteiger partial charge in [-0.25, -0.2) is 0 Å². The van der Waals surface area contributed by atoms with Crippen LogP contribution in [0.4, 0.5) is 0 Å². The molecule has 0 aliphatic heterocycles. The van der Waals surface area contributed by atoms with Gasteiger partial charge in [0.25, 0.3) is 0 Å². The highest BCUT2D eigenvalue weighted by molar-refractivity contribution is 5.68. The maximum absolute atomic E-state index is 10.2. The number of hydrogen-bond donors (Lipinski definition) is 1. The number of allylic oxidation sites excluding steroid dienone is 11. The van der Waals surface area contributed by atoms with Crippen molar-refractivity contribution in [2.24, 2.45) is 0 Å². The van der Waals surface area contributed by atoms with Crippen LogP contribution < -0.4 is 0 Å². The zero-order valence-electron chi connectivity index (χ0n) is 10.7. The van der Waals surface area contributed by atoms with Crippen molar-refractivity contribution in [3.63, 3.8) is 0 Å². The minimum atomic E-state index is -0.814. The van der Waals surface area contributed by atoms with Gasteiger partial charge in [-0.05, 0) is 13.3 Å². The van der Waals surface area contributed by atoms with Crippen molar-refractivity contribution in [3.05, 3.63) is 72.9 Å². The fourth-order valence-corrected chi connectivity index (χ4v) is 1.01. The van der Waals surface area contributed by atoms with Crippen LogP contribution in [0.2, 0.25) is 0 Å². The molecule has 0 bridgehead atoms. The number of hydrogen-bond acceptors (Lipinski definition) is 1. The summed E-state index contributed by atoms with van der Waals surface area (Å²) in [5, 5.41) is 8.38. The molecule has 0 aromatic heterocycles. The lowest BCUT2D eigenvalue weighted by molar-refractivity contribution is -0.135. The quantitative estimate of drug-likeness (QED) is 0.649. The molecule has 0 aliphatic rings. The maximum atomic E-state index is 10.2. The summed E-state index contributed by atoms with van der Waals surface area (Å²) >= 11 is 0. The van der Waals surface area contributed by atoms with Gasteiger partial charge >= 0.3 is 5.97 Å². The minimum Gasteiger partial charge on any atom is -0.481 e. The first kappa shape index (κ1) is 15.9. The number of rotatable bonds is 8. The van der Waals surface area contributed by atoms with Crippen LogP contribution in [0.15, 0.2) is 72.9 Å². The SMILES string of the molecule is C/C=C/C=C/C=C/C/C=C/C=C/C=C/CC(=O)O. The second kappa shape index (κ2) is 13.0. The Labute approximate surface area is 109 Å². The van der Waals surface area contributed by atoms with Gasteiger partial charge in [0.15, 0.2) is 0 Å². The molecule has 0 heterocycles. The van der Waals surface area contributed by atoms with E-state index in [1.54, 1.807) is 12.2 Å². The van der Waals surface area contributed by atoms with Gasteiger partial charge in [-0.3, -0.25) is 4.79 Å². The number of carboxylic acid groups (broad SMARTS) is 1. The molecule has 0 spiro atoms. The Morgan fingerprint density at radius 3 is 1.83 bits per heavy atom. The summed E-state index contributed by atoms with van der Waals surface area (Å²) in [5.41, 5.74) is 0. The molecule has 2 heteroatoms. The summed E-state index contributed by atoms with van der Waals surface area (Å²) < 4.78 is 0. The number of aliphatic carboxylic acids is 1. The first-order valence-corrected chi connectivity index (χ1v) is 5.92. The maximum Gasteiger partial charge on any atom is 0.307 e. The van der Waals surface area contributed by atoms with Crippen molar-refractivity contribution in [2.75, 3.05) is 0 Å². The second-order valence-corrected chi connectivity index (χ2v) is 3.41. The van der Waals surface area contributed by atoms with Crippen LogP contribution in [0.1, 0.15) is 19.8 Å². The molecular weight excluding hydrogens is 224 g/mol. The van der Waals surface area contributed by atoms with Crippen molar-refractivity contribution in [1.82, 2.24) is 0 Å². The highest BCUT2D eigenvalue weighted by Crippen LogP contribution is 1.90. The third-order valence-corrected chi connectivity index (χ3v) is 1.83. The lowest BCUT2D eigenvalue weighted by Crippen LogP contribution is -1.89. The van der Waals surface area contributed by atoms with Gasteiger partial charge in [-0.1, -0.05) is 72.9 Å². The van der Waals surface area contributed by atoms with E-state index >= 15 is 0 Å². The summed E-state index contributed by atoms with van der Waals surface area (Å²) in [6.07, 6.45) is 23.9. The molecule has 18 heavy (non-hydrogen) atoms. The summed E-state index contributed by atoms with van der Waals surface area (Å²) in [6.45, 7) is 1.98. The van der Waals surface area contributed by atoms with Crippen LogP contribution in [-0.4, -0.2) is 11.1 Å². The topological polar surface area (TPSA) is 37.3 Å². The molecule has 0 unspecified atom stereocenters. The van der Waals surface area contributed by atoms with Gasteiger partial charge in [-0.2, -0.15) is 0 Å². The molecule has 0 radical (unpaired) electrons. The number of carboxylic acids is 1. The molecule has 0 saturated heterocycles. The third-order valence-electron chi connectivity index (χ3n) is 1.83. The van der Waals surface area contributed by atoms with E-state index < -0.39 is 5.97 Å². The lowest BCUT2D eigenvalue weighted by atomic mass is 10.3. The molecule has 0 rings (SSSR count). The van der Waals surface area contributed by atoms with Gasteiger partial charge in [0.2, 0.25) is 0 Å². The van der Waals surface area contributed by atoms with Crippen molar-refractivity contribution in [1.29, 1.82) is 0 Å². The molecule has 0 amide bonds. The summed E-state index contributed by atoms with van der Waals surface area (Å²) in [7, 11) is 0. The minimum absolute atomic E-state index is 0.0648. The van der Waals surface area contributed by atoms with Crippen molar-refractivity contribution >= 4 is 5.97 Å². The van der Waals surface area contributed by atoms with Crippen molar-refractivity contribution in [3.8, 4) is 0 Å². The fourth-order valence-electron chi connectivity index (χ4n) is 1.01. The Balaban J connectivity index is 3.68. The molecule has 2 nitrogen and oxygen atoms in total. The van der Waals surface area contributed by atoms with Gasteiger partial charge < -0.3 is 5.11 Å². The van der Waals surface area contributed by atoms with Crippen LogP contribution >= 0.6 is 0 Å². The Bertz CT molecular complexity index is 380. The molecule has 0 atom stereocenters. The average molecular weight is 244 g/mol. The Morgan fingerprint density at radius 1 is 0.833 bits per heavy atom. The van der Waals surface area contributed by atoms with Gasteiger partial charge in [0.1, 0.15) is 0 Å². The van der Waals surface area contributed by atoms with Crippen LogP contribution in [0.3, 0.4) is 0 Å². The van der Waals surface area contributed by atoms with Gasteiger partial charge in [-0.15, -0.1) is 0 Å². The second-order valence-electron chi connectivity index (χ2n) is 3.41. The molecule has 0 aliphatic carbocycles. The standard InChI is InChI=1S/C16H20O2/c1-2-3-4-5-6-7-8-9-10-11-12-13-14-15-16(17)18/h2-7,9-14H,8,15H2,1H3,(H,17,18)/b3-2+,5-4+,7-6+,10-9+,12-11+,14-13+. The van der Waals surface area contributed by atoms with E-state index in [0.29, 0.717) is 0 Å². The molecule has 0 aromatic rings. The lowest BCUT2D eigenvalue weighted by Gasteiger charge is -1.80. The first-order valence-electron chi connectivity index (χ1n) is 5.92. The van der Waals surface area contributed by atoms with E-state index in [0.717, 1.165) is 6.42 Å². The summed E-state index contributed by atoms with van der Waals surface area (Å²) in [5.74, 6) is -0.814. The molecular formula is C16H20O2. The Morgan fingerprint density at radius 2 is 1.33 bits per heavy atom. The van der Waals surface area contributed by atoms with Crippen LogP contribution in [0, 0.1) is 0 Å². The molecule has 1 N–H and O–H groups in total. The van der Waals surface area contributed by atoms with Crippen LogP contribution in [-0.2, 0) is 4.79 Å². The molecule has 0 saturated carbocycles. The third kappa shape index (κ3) is 13.9. The summed E-state index contributed by atoms with van der Waals surface area (Å²) in [4.78, 5) is 10.2. The number of carbonyl (C=O) groups is 1. The van der Waals surface area contributed by atoms with Crippen molar-refractivity contribution < 1.29 is 9.90 Å². The predicted molar refractivity (Wildman–Crippen MR) is 77.4 cm³/mol. The van der Waals surface area contributed by atoms with Gasteiger partial charge in [0.05, 0.1) is 6.42 Å². The van der Waals surface area contributed by atoms with E-state index in [4.69, 9.17) is 5.11 Å². The highest BCUT2D eigenvalue weighted by Gasteiger charge is 1.86. The van der Waals surface area contributed by atoms with E-state index in [1.807, 2.05) is 61.6 Å². The zero-order chi connectivity index (χ0) is 13.5. The largest absolute Gasteiger partial charge is 0.481 e. The highest BCUT2D eigenvalue weighted by atomic mass is 16.4. The molecule has 96 valence electrons. The Kier molecular flexibility index (Phi) is 11.5. The van der Waals surface area contributed by atoms with E-state index in [2.05, 4.69) is 6.08 Å². The van der Waals surface area contributed by atoms with E-state index in [9.17, 15) is 4.79 Å². The smallest absolute Gasteiger partial charge is 0.307 e. The predicted octanol–water partition coefficient (Wildman–Crippen LogP) is 4.21. The normalized spacial score (nSPS) is 13.4. The first-order chi connectivity index (χ1) is 8.77. The molecule has 0 aromatic carbocycles. The monoisotopic (exact) mass is 244 g/mol. The van der Waals surface area contributed by atoms with Crippen LogP contribution in [0.5, 0.6) is 0 Å². The summed E-state index contributed by atoms with van der Waals surface area (Å²) in [6, 6.07) is 0. The van der Waals surface area contributed by atoms with Crippen LogP contribution in [0.25, 0.3) is 0 Å². The van der Waals surface area contributed by atoms with Gasteiger partial charge in [0, 0.05) is 0 Å². The Hall–Kier alpha value is -2.09. The zero-order valence-corrected chi connectivity index (χ0v) is 10.7. The van der Waals surface area contributed by atoms with E-state index in [1.165, 1.54) is 0 Å². The van der Waals surface area contributed by atoms with Crippen molar-refractivity contribution in [2.45, 2.75) is 19.8 Å². The average Bonchev–Trinajstić information content (AvgIpc) is 2.34. The van der Waals surface area contributed by atoms with E-state index in [-0.39, 0.29) is 6.42 Å². The fraction of sp³-hybridized carbons (Fsp3) is 0.188. The molecule has 0 fully saturated rings.